The number of carbonyl (C=O) groups is 1. The Kier molecular flexibility index (Phi) is 5.07. The lowest BCUT2D eigenvalue weighted by Crippen LogP contribution is -2.11. The molecule has 0 atom stereocenters. The summed E-state index contributed by atoms with van der Waals surface area (Å²) in [4.78, 5) is 12.3. The maximum atomic E-state index is 12.3. The Morgan fingerprint density at radius 2 is 1.50 bits per heavy atom. The van der Waals surface area contributed by atoms with E-state index < -0.39 is 5.91 Å². The molecule has 0 saturated carbocycles. The first kappa shape index (κ1) is 17.2. The maximum Gasteiger partial charge on any atom is 0.291 e. The third-order valence-corrected chi connectivity index (χ3v) is 4.50. The van der Waals surface area contributed by atoms with E-state index >= 15 is 0 Å². The fourth-order valence-electron chi connectivity index (χ4n) is 2.03. The van der Waals surface area contributed by atoms with Crippen LogP contribution in [0.2, 0.25) is 20.1 Å². The Hall–Kier alpha value is -1.65. The third-order valence-electron chi connectivity index (χ3n) is 3.22. The maximum absolute atomic E-state index is 12.3. The lowest BCUT2D eigenvalue weighted by atomic mass is 10.2. The van der Waals surface area contributed by atoms with Crippen molar-refractivity contribution in [3.8, 4) is 11.3 Å². The number of hydrogen-bond acceptors (Lipinski definition) is 2. The molecule has 0 saturated heterocycles. The smallest absolute Gasteiger partial charge is 0.291 e. The average Bonchev–Trinajstić information content (AvgIpc) is 3.03. The molecule has 0 spiro atoms. The van der Waals surface area contributed by atoms with Crippen molar-refractivity contribution in [1.29, 1.82) is 0 Å². The summed E-state index contributed by atoms with van der Waals surface area (Å²) >= 11 is 23.7. The highest BCUT2D eigenvalue weighted by Crippen LogP contribution is 2.32. The van der Waals surface area contributed by atoms with Gasteiger partial charge in [-0.25, -0.2) is 0 Å². The summed E-state index contributed by atoms with van der Waals surface area (Å²) in [5.41, 5.74) is 1.16. The van der Waals surface area contributed by atoms with Gasteiger partial charge in [0.05, 0.1) is 20.8 Å². The number of anilines is 1. The van der Waals surface area contributed by atoms with E-state index in [1.165, 1.54) is 12.1 Å². The Morgan fingerprint density at radius 3 is 2.21 bits per heavy atom. The fourth-order valence-corrected chi connectivity index (χ4v) is 2.75. The lowest BCUT2D eigenvalue weighted by molar-refractivity contribution is 0.0997. The van der Waals surface area contributed by atoms with Crippen molar-refractivity contribution in [3.05, 3.63) is 74.4 Å². The monoisotopic (exact) mass is 399 g/mol. The Morgan fingerprint density at radius 1 is 0.833 bits per heavy atom. The topological polar surface area (TPSA) is 42.2 Å². The van der Waals surface area contributed by atoms with Gasteiger partial charge in [0.2, 0.25) is 0 Å². The van der Waals surface area contributed by atoms with Crippen molar-refractivity contribution in [2.24, 2.45) is 0 Å². The standard InChI is InChI=1S/C17H9Cl4NO2/c18-10-3-1-9(2-4-10)15-5-6-16(24-15)17(23)22-14-8-12(20)11(19)7-13(14)21/h1-8H,(H,22,23). The largest absolute Gasteiger partial charge is 0.451 e. The molecule has 3 aromatic rings. The summed E-state index contributed by atoms with van der Waals surface area (Å²) in [6.45, 7) is 0. The predicted molar refractivity (Wildman–Crippen MR) is 98.6 cm³/mol. The van der Waals surface area contributed by atoms with Crippen molar-refractivity contribution >= 4 is 58.0 Å². The van der Waals surface area contributed by atoms with Gasteiger partial charge in [0, 0.05) is 10.6 Å². The van der Waals surface area contributed by atoms with Crippen LogP contribution in [0.3, 0.4) is 0 Å². The van der Waals surface area contributed by atoms with Crippen molar-refractivity contribution < 1.29 is 9.21 Å². The highest BCUT2D eigenvalue weighted by molar-refractivity contribution is 6.44. The van der Waals surface area contributed by atoms with Gasteiger partial charge >= 0.3 is 0 Å². The summed E-state index contributed by atoms with van der Waals surface area (Å²) < 4.78 is 5.58. The molecule has 0 aliphatic heterocycles. The molecule has 0 radical (unpaired) electrons. The molecule has 3 rings (SSSR count). The minimum atomic E-state index is -0.449. The van der Waals surface area contributed by atoms with Gasteiger partial charge in [0.1, 0.15) is 5.76 Å². The molecule has 0 aliphatic carbocycles. The van der Waals surface area contributed by atoms with E-state index in [0.717, 1.165) is 5.56 Å². The van der Waals surface area contributed by atoms with Crippen LogP contribution >= 0.6 is 46.4 Å². The van der Waals surface area contributed by atoms with Crippen LogP contribution in [0.1, 0.15) is 10.6 Å². The van der Waals surface area contributed by atoms with E-state index in [2.05, 4.69) is 5.32 Å². The first-order chi connectivity index (χ1) is 11.4. The normalized spacial score (nSPS) is 10.7. The summed E-state index contributed by atoms with van der Waals surface area (Å²) in [7, 11) is 0. The minimum Gasteiger partial charge on any atom is -0.451 e. The quantitative estimate of drug-likeness (QED) is 0.490. The third kappa shape index (κ3) is 3.70. The molecule has 1 amide bonds. The number of benzene rings is 2. The van der Waals surface area contributed by atoms with Gasteiger partial charge in [-0.05, 0) is 48.5 Å². The molecule has 1 N–H and O–H groups in total. The number of hydrogen-bond donors (Lipinski definition) is 1. The van der Waals surface area contributed by atoms with E-state index in [9.17, 15) is 4.79 Å². The van der Waals surface area contributed by atoms with Gasteiger partial charge < -0.3 is 9.73 Å². The average molecular weight is 401 g/mol. The van der Waals surface area contributed by atoms with E-state index in [-0.39, 0.29) is 15.8 Å². The zero-order chi connectivity index (χ0) is 17.3. The highest BCUT2D eigenvalue weighted by Gasteiger charge is 2.15. The van der Waals surface area contributed by atoms with Gasteiger partial charge in [-0.1, -0.05) is 46.4 Å². The van der Waals surface area contributed by atoms with Crippen LogP contribution < -0.4 is 5.32 Å². The van der Waals surface area contributed by atoms with E-state index in [4.69, 9.17) is 50.8 Å². The molecule has 0 fully saturated rings. The Bertz CT molecular complexity index is 903. The number of carbonyl (C=O) groups excluding carboxylic acids is 1. The van der Waals surface area contributed by atoms with Gasteiger partial charge in [-0.3, -0.25) is 4.79 Å². The molecular weight excluding hydrogens is 392 g/mol. The molecule has 24 heavy (non-hydrogen) atoms. The molecular formula is C17H9Cl4NO2. The zero-order valence-electron chi connectivity index (χ0n) is 11.9. The summed E-state index contributed by atoms with van der Waals surface area (Å²) in [5.74, 6) is 0.245. The molecule has 0 bridgehead atoms. The fraction of sp³-hybridized carbons (Fsp3) is 0. The van der Waals surface area contributed by atoms with Gasteiger partial charge in [-0.2, -0.15) is 0 Å². The van der Waals surface area contributed by atoms with Crippen molar-refractivity contribution in [1.82, 2.24) is 0 Å². The van der Waals surface area contributed by atoms with Gasteiger partial charge in [0.15, 0.2) is 5.76 Å². The second-order valence-electron chi connectivity index (χ2n) is 4.87. The lowest BCUT2D eigenvalue weighted by Gasteiger charge is -2.07. The summed E-state index contributed by atoms with van der Waals surface area (Å²) in [6, 6.07) is 13.3. The van der Waals surface area contributed by atoms with Crippen LogP contribution in [0.4, 0.5) is 5.69 Å². The molecule has 1 heterocycles. The molecule has 0 aliphatic rings. The van der Waals surface area contributed by atoms with Crippen LogP contribution in [0, 0.1) is 0 Å². The molecule has 2 aromatic carbocycles. The molecule has 0 unspecified atom stereocenters. The summed E-state index contributed by atoms with van der Waals surface area (Å²) in [5, 5.41) is 4.14. The second kappa shape index (κ2) is 7.08. The second-order valence-corrected chi connectivity index (χ2v) is 6.53. The Labute approximate surface area is 158 Å². The number of nitrogens with one attached hydrogen (secondary N) is 1. The van der Waals surface area contributed by atoms with Crippen LogP contribution in [-0.2, 0) is 0 Å². The van der Waals surface area contributed by atoms with Crippen molar-refractivity contribution in [3.63, 3.8) is 0 Å². The number of rotatable bonds is 3. The van der Waals surface area contributed by atoms with Gasteiger partial charge in [0.25, 0.3) is 5.91 Å². The van der Waals surface area contributed by atoms with Crippen LogP contribution in [0.5, 0.6) is 0 Å². The molecule has 122 valence electrons. The van der Waals surface area contributed by atoms with Crippen molar-refractivity contribution in [2.75, 3.05) is 5.32 Å². The van der Waals surface area contributed by atoms with Crippen LogP contribution in [0.15, 0.2) is 52.9 Å². The first-order valence-corrected chi connectivity index (χ1v) is 8.27. The van der Waals surface area contributed by atoms with Crippen LogP contribution in [0.25, 0.3) is 11.3 Å². The SMILES string of the molecule is O=C(Nc1cc(Cl)c(Cl)cc1Cl)c1ccc(-c2ccc(Cl)cc2)o1. The van der Waals surface area contributed by atoms with Crippen molar-refractivity contribution in [2.45, 2.75) is 0 Å². The molecule has 1 aromatic heterocycles. The Balaban J connectivity index is 1.81. The molecule has 3 nitrogen and oxygen atoms in total. The minimum absolute atomic E-state index is 0.141. The van der Waals surface area contributed by atoms with E-state index in [0.29, 0.717) is 21.5 Å². The van der Waals surface area contributed by atoms with Crippen LogP contribution in [-0.4, -0.2) is 5.91 Å². The zero-order valence-corrected chi connectivity index (χ0v) is 15.0. The highest BCUT2D eigenvalue weighted by atomic mass is 35.5. The number of halogens is 4. The van der Waals surface area contributed by atoms with E-state index in [1.807, 2.05) is 0 Å². The number of amides is 1. The first-order valence-electron chi connectivity index (χ1n) is 6.76. The molecule has 7 heteroatoms. The predicted octanol–water partition coefficient (Wildman–Crippen LogP) is 6.81. The summed E-state index contributed by atoms with van der Waals surface area (Å²) in [6.07, 6.45) is 0. The number of furan rings is 1. The van der Waals surface area contributed by atoms with Gasteiger partial charge in [-0.15, -0.1) is 0 Å². The van der Waals surface area contributed by atoms with E-state index in [1.54, 1.807) is 36.4 Å².